The van der Waals surface area contributed by atoms with Crippen molar-refractivity contribution in [2.45, 2.75) is 39.3 Å². The van der Waals surface area contributed by atoms with E-state index < -0.39 is 0 Å². The molecule has 0 radical (unpaired) electrons. The minimum absolute atomic E-state index is 0.139. The van der Waals surface area contributed by atoms with Crippen LogP contribution in [0.1, 0.15) is 40.2 Å². The van der Waals surface area contributed by atoms with Crippen molar-refractivity contribution in [3.8, 4) is 0 Å². The number of carbonyl (C=O) groups is 1. The largest absolute Gasteiger partial charge is 0.378 e. The van der Waals surface area contributed by atoms with Crippen LogP contribution in [0.2, 0.25) is 0 Å². The van der Waals surface area contributed by atoms with Gasteiger partial charge in [-0.1, -0.05) is 12.1 Å². The van der Waals surface area contributed by atoms with E-state index >= 15 is 0 Å². The molecule has 2 fully saturated rings. The highest BCUT2D eigenvalue weighted by Crippen LogP contribution is 2.29. The summed E-state index contributed by atoms with van der Waals surface area (Å²) in [6.45, 7) is 7.21. The van der Waals surface area contributed by atoms with Gasteiger partial charge in [0.05, 0.1) is 18.3 Å². The summed E-state index contributed by atoms with van der Waals surface area (Å²) in [5.41, 5.74) is 4.04. The average Bonchev–Trinajstić information content (AvgIpc) is 3.20. The molecule has 1 amide bonds. The molecule has 2 atom stereocenters. The summed E-state index contributed by atoms with van der Waals surface area (Å²) in [5.74, 6) is 0.649. The van der Waals surface area contributed by atoms with Crippen LogP contribution < -0.4 is 0 Å². The van der Waals surface area contributed by atoms with Gasteiger partial charge in [0.2, 0.25) is 0 Å². The molecule has 25 heavy (non-hydrogen) atoms. The summed E-state index contributed by atoms with van der Waals surface area (Å²) in [6.07, 6.45) is 2.40. The number of ether oxygens (including phenoxy) is 1. The molecule has 4 rings (SSSR count). The zero-order chi connectivity index (χ0) is 17.4. The minimum atomic E-state index is 0.139. The Hall–Kier alpha value is -2.14. The van der Waals surface area contributed by atoms with Crippen molar-refractivity contribution >= 4 is 5.91 Å². The monoisotopic (exact) mass is 339 g/mol. The maximum absolute atomic E-state index is 12.9. The highest BCUT2D eigenvalue weighted by Gasteiger charge is 2.35. The number of fused-ring (bicyclic) bond motifs is 1. The lowest BCUT2D eigenvalue weighted by Crippen LogP contribution is -2.44. The third kappa shape index (κ3) is 3.33. The number of nitrogens with zero attached hydrogens (tertiary/aromatic N) is 3. The number of amides is 1. The van der Waals surface area contributed by atoms with Crippen molar-refractivity contribution in [3.05, 3.63) is 52.8 Å². The van der Waals surface area contributed by atoms with E-state index in [1.807, 2.05) is 34.7 Å². The maximum Gasteiger partial charge on any atom is 0.253 e. The molecule has 0 aliphatic carbocycles. The minimum Gasteiger partial charge on any atom is -0.378 e. The number of carbonyl (C=O) groups excluding carboxylic acids is 1. The highest BCUT2D eigenvalue weighted by atomic mass is 16.5. The fourth-order valence-corrected chi connectivity index (χ4v) is 4.06. The molecule has 0 bridgehead atoms. The van der Waals surface area contributed by atoms with E-state index in [0.29, 0.717) is 18.6 Å². The smallest absolute Gasteiger partial charge is 0.253 e. The van der Waals surface area contributed by atoms with E-state index in [9.17, 15) is 4.79 Å². The van der Waals surface area contributed by atoms with E-state index in [4.69, 9.17) is 4.74 Å². The predicted octanol–water partition coefficient (Wildman–Crippen LogP) is 2.80. The molecular weight excluding hydrogens is 314 g/mol. The average molecular weight is 339 g/mol. The molecule has 0 spiro atoms. The van der Waals surface area contributed by atoms with Crippen LogP contribution in [0.15, 0.2) is 30.3 Å². The Morgan fingerprint density at radius 2 is 2.16 bits per heavy atom. The predicted molar refractivity (Wildman–Crippen MR) is 95.6 cm³/mol. The molecule has 1 aromatic carbocycles. The molecule has 132 valence electrons. The van der Waals surface area contributed by atoms with Crippen LogP contribution in [-0.2, 0) is 11.3 Å². The molecular formula is C20H25N3O2. The molecule has 0 N–H and O–H groups in total. The SMILES string of the molecule is Cc1cc(C)n(Cc2cccc(C(=O)N3CC[C@H]4OCC[C@H]4C3)c2)n1. The summed E-state index contributed by atoms with van der Waals surface area (Å²) >= 11 is 0. The summed E-state index contributed by atoms with van der Waals surface area (Å²) in [7, 11) is 0. The second-order valence-electron chi connectivity index (χ2n) is 7.28. The van der Waals surface area contributed by atoms with Crippen LogP contribution in [0.5, 0.6) is 0 Å². The molecule has 0 saturated carbocycles. The van der Waals surface area contributed by atoms with Crippen LogP contribution >= 0.6 is 0 Å². The Balaban J connectivity index is 1.49. The van der Waals surface area contributed by atoms with Gasteiger partial charge in [0.1, 0.15) is 0 Å². The van der Waals surface area contributed by atoms with Crippen LogP contribution in [0, 0.1) is 19.8 Å². The topological polar surface area (TPSA) is 47.4 Å². The fourth-order valence-electron chi connectivity index (χ4n) is 4.06. The number of piperidine rings is 1. The second kappa shape index (κ2) is 6.64. The second-order valence-corrected chi connectivity index (χ2v) is 7.28. The van der Waals surface area contributed by atoms with Crippen molar-refractivity contribution in [1.82, 2.24) is 14.7 Å². The van der Waals surface area contributed by atoms with E-state index in [2.05, 4.69) is 24.2 Å². The quantitative estimate of drug-likeness (QED) is 0.864. The van der Waals surface area contributed by atoms with Crippen molar-refractivity contribution in [2.75, 3.05) is 19.7 Å². The molecule has 2 aromatic rings. The number of aryl methyl sites for hydroxylation is 2. The molecule has 5 heteroatoms. The summed E-state index contributed by atoms with van der Waals surface area (Å²) in [4.78, 5) is 14.9. The van der Waals surface area contributed by atoms with E-state index in [1.54, 1.807) is 0 Å². The van der Waals surface area contributed by atoms with Crippen molar-refractivity contribution < 1.29 is 9.53 Å². The van der Waals surface area contributed by atoms with Gasteiger partial charge in [-0.05, 0) is 50.5 Å². The molecule has 0 unspecified atom stereocenters. The lowest BCUT2D eigenvalue weighted by molar-refractivity contribution is 0.0306. The summed E-state index contributed by atoms with van der Waals surface area (Å²) < 4.78 is 7.73. The first-order chi connectivity index (χ1) is 12.1. The van der Waals surface area contributed by atoms with Crippen LogP contribution in [0.25, 0.3) is 0 Å². The molecule has 2 aliphatic heterocycles. The Morgan fingerprint density at radius 1 is 1.28 bits per heavy atom. The molecule has 5 nitrogen and oxygen atoms in total. The lowest BCUT2D eigenvalue weighted by Gasteiger charge is -2.34. The van der Waals surface area contributed by atoms with Crippen molar-refractivity contribution in [2.24, 2.45) is 5.92 Å². The Kier molecular flexibility index (Phi) is 4.34. The van der Waals surface area contributed by atoms with Crippen LogP contribution in [0.3, 0.4) is 0 Å². The van der Waals surface area contributed by atoms with Crippen molar-refractivity contribution in [3.63, 3.8) is 0 Å². The fraction of sp³-hybridized carbons (Fsp3) is 0.500. The normalized spacial score (nSPS) is 22.9. The Morgan fingerprint density at radius 3 is 2.96 bits per heavy atom. The van der Waals surface area contributed by atoms with Gasteiger partial charge in [0.25, 0.3) is 5.91 Å². The molecule has 3 heterocycles. The number of likely N-dealkylation sites (tertiary alicyclic amines) is 1. The zero-order valence-corrected chi connectivity index (χ0v) is 14.9. The van der Waals surface area contributed by atoms with Gasteiger partial charge in [0, 0.05) is 36.9 Å². The number of rotatable bonds is 3. The maximum atomic E-state index is 12.9. The van der Waals surface area contributed by atoms with E-state index in [0.717, 1.165) is 55.1 Å². The summed E-state index contributed by atoms with van der Waals surface area (Å²) in [5, 5.41) is 4.51. The van der Waals surface area contributed by atoms with E-state index in [1.165, 1.54) is 0 Å². The van der Waals surface area contributed by atoms with Crippen LogP contribution in [-0.4, -0.2) is 46.4 Å². The van der Waals surface area contributed by atoms with Crippen molar-refractivity contribution in [1.29, 1.82) is 0 Å². The first-order valence-electron chi connectivity index (χ1n) is 9.11. The van der Waals surface area contributed by atoms with Gasteiger partial charge in [-0.3, -0.25) is 9.48 Å². The standard InChI is InChI=1S/C20H25N3O2/c1-14-10-15(2)23(21-14)12-16-4-3-5-17(11-16)20(24)22-8-6-19-18(13-22)7-9-25-19/h3-5,10-11,18-19H,6-9,12-13H2,1-2H3/t18-,19+/m0/s1. The first-order valence-corrected chi connectivity index (χ1v) is 9.11. The van der Waals surface area contributed by atoms with Gasteiger partial charge in [-0.15, -0.1) is 0 Å². The van der Waals surface area contributed by atoms with Gasteiger partial charge in [-0.2, -0.15) is 5.10 Å². The highest BCUT2D eigenvalue weighted by molar-refractivity contribution is 5.94. The number of benzene rings is 1. The van der Waals surface area contributed by atoms with Crippen LogP contribution in [0.4, 0.5) is 0 Å². The van der Waals surface area contributed by atoms with Gasteiger partial charge >= 0.3 is 0 Å². The lowest BCUT2D eigenvalue weighted by atomic mass is 9.94. The Bertz CT molecular complexity index is 783. The number of aromatic nitrogens is 2. The third-order valence-corrected chi connectivity index (χ3v) is 5.38. The zero-order valence-electron chi connectivity index (χ0n) is 14.9. The van der Waals surface area contributed by atoms with Gasteiger partial charge < -0.3 is 9.64 Å². The first kappa shape index (κ1) is 16.3. The van der Waals surface area contributed by atoms with Gasteiger partial charge in [0.15, 0.2) is 0 Å². The molecule has 2 aliphatic rings. The molecule has 1 aromatic heterocycles. The molecule has 2 saturated heterocycles. The number of hydrogen-bond donors (Lipinski definition) is 0. The Labute approximate surface area is 148 Å². The van der Waals surface area contributed by atoms with Gasteiger partial charge in [-0.25, -0.2) is 0 Å². The third-order valence-electron chi connectivity index (χ3n) is 5.38. The number of hydrogen-bond acceptors (Lipinski definition) is 3. The summed E-state index contributed by atoms with van der Waals surface area (Å²) in [6, 6.07) is 10.0. The van der Waals surface area contributed by atoms with E-state index in [-0.39, 0.29) is 5.91 Å².